The number of para-hydroxylation sites is 1. The van der Waals surface area contributed by atoms with Gasteiger partial charge in [0.15, 0.2) is 5.82 Å². The summed E-state index contributed by atoms with van der Waals surface area (Å²) in [6.07, 6.45) is 0.847. The number of rotatable bonds is 2. The zero-order chi connectivity index (χ0) is 13.4. The molecule has 0 unspecified atom stereocenters. The minimum Gasteiger partial charge on any atom is -0.310 e. The lowest BCUT2D eigenvalue weighted by molar-refractivity contribution is -0.119. The summed E-state index contributed by atoms with van der Waals surface area (Å²) in [7, 11) is 0. The zero-order valence-electron chi connectivity index (χ0n) is 10.5. The molecule has 2 aromatic rings. The van der Waals surface area contributed by atoms with Crippen molar-refractivity contribution in [2.75, 3.05) is 11.4 Å². The van der Waals surface area contributed by atoms with E-state index in [4.69, 9.17) is 0 Å². The van der Waals surface area contributed by atoms with Crippen molar-refractivity contribution in [1.29, 1.82) is 0 Å². The summed E-state index contributed by atoms with van der Waals surface area (Å²) in [6.45, 7) is 2.25. The SMILES string of the molecule is Cc1noc(=O)n1CC(=O)N1CCc2ccccc21. The highest BCUT2D eigenvalue weighted by atomic mass is 16.5. The molecule has 1 aromatic carbocycles. The highest BCUT2D eigenvalue weighted by molar-refractivity contribution is 5.95. The molecular formula is C13H13N3O3. The summed E-state index contributed by atoms with van der Waals surface area (Å²) in [6, 6.07) is 7.80. The molecule has 0 radical (unpaired) electrons. The molecule has 6 nitrogen and oxygen atoms in total. The van der Waals surface area contributed by atoms with E-state index < -0.39 is 5.76 Å². The van der Waals surface area contributed by atoms with Crippen LogP contribution in [0.25, 0.3) is 0 Å². The lowest BCUT2D eigenvalue weighted by Crippen LogP contribution is -2.34. The summed E-state index contributed by atoms with van der Waals surface area (Å²) in [5, 5.41) is 3.54. The number of carbonyl (C=O) groups excluding carboxylic acids is 1. The smallest absolute Gasteiger partial charge is 0.310 e. The number of fused-ring (bicyclic) bond motifs is 1. The van der Waals surface area contributed by atoms with Gasteiger partial charge in [-0.25, -0.2) is 4.79 Å². The van der Waals surface area contributed by atoms with Crippen molar-refractivity contribution in [1.82, 2.24) is 9.72 Å². The lowest BCUT2D eigenvalue weighted by Gasteiger charge is -2.17. The van der Waals surface area contributed by atoms with Crippen LogP contribution in [-0.4, -0.2) is 22.2 Å². The zero-order valence-corrected chi connectivity index (χ0v) is 10.5. The van der Waals surface area contributed by atoms with Crippen molar-refractivity contribution in [2.45, 2.75) is 19.9 Å². The molecule has 98 valence electrons. The Balaban J connectivity index is 1.85. The van der Waals surface area contributed by atoms with E-state index >= 15 is 0 Å². The molecule has 0 spiro atoms. The topological polar surface area (TPSA) is 68.3 Å². The van der Waals surface area contributed by atoms with Crippen LogP contribution in [0.2, 0.25) is 0 Å². The fourth-order valence-electron chi connectivity index (χ4n) is 2.33. The van der Waals surface area contributed by atoms with Gasteiger partial charge >= 0.3 is 5.76 Å². The van der Waals surface area contributed by atoms with Gasteiger partial charge in [-0.05, 0) is 25.0 Å². The van der Waals surface area contributed by atoms with Gasteiger partial charge in [-0.2, -0.15) is 0 Å². The number of aromatic nitrogens is 2. The molecule has 1 amide bonds. The first-order valence-corrected chi connectivity index (χ1v) is 6.08. The molecule has 6 heteroatoms. The molecule has 0 saturated carbocycles. The minimum atomic E-state index is -0.599. The van der Waals surface area contributed by atoms with Gasteiger partial charge in [0.25, 0.3) is 0 Å². The van der Waals surface area contributed by atoms with Crippen molar-refractivity contribution in [3.8, 4) is 0 Å². The van der Waals surface area contributed by atoms with E-state index in [0.717, 1.165) is 17.7 Å². The van der Waals surface area contributed by atoms with Crippen molar-refractivity contribution in [3.63, 3.8) is 0 Å². The molecular weight excluding hydrogens is 246 g/mol. The van der Waals surface area contributed by atoms with Crippen molar-refractivity contribution in [2.24, 2.45) is 0 Å². The predicted octanol–water partition coefficient (Wildman–Crippen LogP) is 0.734. The molecule has 19 heavy (non-hydrogen) atoms. The molecule has 0 N–H and O–H groups in total. The second-order valence-electron chi connectivity index (χ2n) is 4.51. The third-order valence-electron chi connectivity index (χ3n) is 3.35. The number of benzene rings is 1. The average molecular weight is 259 g/mol. The number of aryl methyl sites for hydroxylation is 1. The number of amides is 1. The summed E-state index contributed by atoms with van der Waals surface area (Å²) >= 11 is 0. The van der Waals surface area contributed by atoms with Crippen molar-refractivity contribution >= 4 is 11.6 Å². The van der Waals surface area contributed by atoms with Crippen LogP contribution < -0.4 is 10.7 Å². The maximum atomic E-state index is 12.3. The first-order chi connectivity index (χ1) is 9.16. The summed E-state index contributed by atoms with van der Waals surface area (Å²) in [5.74, 6) is -0.317. The van der Waals surface area contributed by atoms with Gasteiger partial charge in [0, 0.05) is 12.2 Å². The van der Waals surface area contributed by atoms with Crippen LogP contribution >= 0.6 is 0 Å². The number of nitrogens with zero attached hydrogens (tertiary/aromatic N) is 3. The minimum absolute atomic E-state index is 0.0392. The van der Waals surface area contributed by atoms with Gasteiger partial charge in [-0.3, -0.25) is 13.9 Å². The van der Waals surface area contributed by atoms with Crippen LogP contribution in [0.5, 0.6) is 0 Å². The standard InChI is InChI=1S/C13H13N3O3/c1-9-14-19-13(18)16(9)8-12(17)15-7-6-10-4-2-3-5-11(10)15/h2-5H,6-8H2,1H3. The van der Waals surface area contributed by atoms with Crippen LogP contribution in [-0.2, 0) is 17.8 Å². The second kappa shape index (κ2) is 4.38. The van der Waals surface area contributed by atoms with E-state index in [1.165, 1.54) is 4.57 Å². The van der Waals surface area contributed by atoms with Gasteiger partial charge in [-0.1, -0.05) is 23.4 Å². The van der Waals surface area contributed by atoms with Crippen LogP contribution in [0, 0.1) is 6.92 Å². The van der Waals surface area contributed by atoms with E-state index in [1.54, 1.807) is 11.8 Å². The van der Waals surface area contributed by atoms with Gasteiger partial charge in [-0.15, -0.1) is 0 Å². The van der Waals surface area contributed by atoms with Crippen molar-refractivity contribution < 1.29 is 9.32 Å². The van der Waals surface area contributed by atoms with Gasteiger partial charge in [0.05, 0.1) is 0 Å². The van der Waals surface area contributed by atoms with E-state index in [2.05, 4.69) is 9.68 Å². The lowest BCUT2D eigenvalue weighted by atomic mass is 10.2. The molecule has 0 bridgehead atoms. The number of hydrogen-bond acceptors (Lipinski definition) is 4. The van der Waals surface area contributed by atoms with Gasteiger partial charge in [0.1, 0.15) is 6.54 Å². The first kappa shape index (κ1) is 11.7. The Morgan fingerprint density at radius 3 is 2.95 bits per heavy atom. The fourth-order valence-corrected chi connectivity index (χ4v) is 2.33. The average Bonchev–Trinajstić information content (AvgIpc) is 2.97. The highest BCUT2D eigenvalue weighted by Crippen LogP contribution is 2.27. The maximum Gasteiger partial charge on any atom is 0.442 e. The van der Waals surface area contributed by atoms with Crippen molar-refractivity contribution in [3.05, 3.63) is 46.2 Å². The molecule has 0 saturated heterocycles. The molecule has 1 aliphatic rings. The third-order valence-corrected chi connectivity index (χ3v) is 3.35. The molecule has 0 atom stereocenters. The Hall–Kier alpha value is -2.37. The van der Waals surface area contributed by atoms with Crippen LogP contribution in [0.15, 0.2) is 33.6 Å². The van der Waals surface area contributed by atoms with E-state index in [-0.39, 0.29) is 12.5 Å². The van der Waals surface area contributed by atoms with E-state index in [9.17, 15) is 9.59 Å². The Morgan fingerprint density at radius 2 is 2.21 bits per heavy atom. The summed E-state index contributed by atoms with van der Waals surface area (Å²) in [5.41, 5.74) is 2.08. The van der Waals surface area contributed by atoms with Crippen LogP contribution in [0.4, 0.5) is 5.69 Å². The second-order valence-corrected chi connectivity index (χ2v) is 4.51. The normalized spacial score (nSPS) is 13.6. The summed E-state index contributed by atoms with van der Waals surface area (Å²) in [4.78, 5) is 25.4. The van der Waals surface area contributed by atoms with E-state index in [1.807, 2.05) is 24.3 Å². The Bertz CT molecular complexity index is 686. The number of hydrogen-bond donors (Lipinski definition) is 0. The molecule has 1 aromatic heterocycles. The largest absolute Gasteiger partial charge is 0.442 e. The monoisotopic (exact) mass is 259 g/mol. The Morgan fingerprint density at radius 1 is 1.42 bits per heavy atom. The molecule has 0 aliphatic carbocycles. The molecule has 3 rings (SSSR count). The van der Waals surface area contributed by atoms with Gasteiger partial charge in [0.2, 0.25) is 5.91 Å². The Labute approximate surface area is 109 Å². The Kier molecular flexibility index (Phi) is 2.70. The summed E-state index contributed by atoms with van der Waals surface area (Å²) < 4.78 is 5.75. The maximum absolute atomic E-state index is 12.3. The van der Waals surface area contributed by atoms with Gasteiger partial charge < -0.3 is 4.90 Å². The van der Waals surface area contributed by atoms with Crippen LogP contribution in [0.1, 0.15) is 11.4 Å². The fraction of sp³-hybridized carbons (Fsp3) is 0.308. The van der Waals surface area contributed by atoms with E-state index in [0.29, 0.717) is 12.4 Å². The quantitative estimate of drug-likeness (QED) is 0.797. The van der Waals surface area contributed by atoms with Crippen LogP contribution in [0.3, 0.4) is 0 Å². The number of anilines is 1. The first-order valence-electron chi connectivity index (χ1n) is 6.08. The molecule has 1 aliphatic heterocycles. The molecule has 0 fully saturated rings. The predicted molar refractivity (Wildman–Crippen MR) is 68.0 cm³/mol. The highest BCUT2D eigenvalue weighted by Gasteiger charge is 2.25. The third kappa shape index (κ3) is 1.95. The molecule has 2 heterocycles. The number of carbonyl (C=O) groups is 1.